The Balaban J connectivity index is 1.31. The van der Waals surface area contributed by atoms with Crippen LogP contribution in [0.3, 0.4) is 0 Å². The normalized spacial score (nSPS) is 14.1. The molecule has 8 heteroatoms. The van der Waals surface area contributed by atoms with Gasteiger partial charge in [0, 0.05) is 44.1 Å². The van der Waals surface area contributed by atoms with Crippen molar-refractivity contribution in [3.63, 3.8) is 0 Å². The highest BCUT2D eigenvalue weighted by Gasteiger charge is 2.23. The van der Waals surface area contributed by atoms with Gasteiger partial charge in [0.15, 0.2) is 0 Å². The summed E-state index contributed by atoms with van der Waals surface area (Å²) in [4.78, 5) is 21.3. The Morgan fingerprint density at radius 2 is 1.87 bits per heavy atom. The smallest absolute Gasteiger partial charge is 0.227 e. The summed E-state index contributed by atoms with van der Waals surface area (Å²) in [5, 5.41) is 0.888. The Labute approximate surface area is 179 Å². The molecule has 1 fully saturated rings. The molecular weight excluding hydrogens is 403 g/mol. The molecule has 2 heterocycles. The van der Waals surface area contributed by atoms with Crippen LogP contribution in [0.2, 0.25) is 0 Å². The van der Waals surface area contributed by atoms with E-state index in [2.05, 4.69) is 14.3 Å². The summed E-state index contributed by atoms with van der Waals surface area (Å²) in [5.74, 6) is 1.39. The molecule has 0 N–H and O–H groups in total. The highest BCUT2D eigenvalue weighted by molar-refractivity contribution is 7.09. The number of halogens is 1. The molecule has 4 rings (SSSR count). The standard InChI is InChI=1S/C22H23FN4O2S/c1-29-19-4-2-3-17(13-19)14-20-24-22(30-25-20)27-11-9-26(10-12-27)21(28)15-16-5-7-18(23)8-6-16/h2-8,13H,9-12,14-15H2,1H3. The third-order valence-electron chi connectivity index (χ3n) is 5.13. The fourth-order valence-electron chi connectivity index (χ4n) is 3.45. The Morgan fingerprint density at radius 1 is 1.10 bits per heavy atom. The maximum Gasteiger partial charge on any atom is 0.227 e. The van der Waals surface area contributed by atoms with E-state index in [0.717, 1.165) is 40.9 Å². The van der Waals surface area contributed by atoms with Crippen molar-refractivity contribution in [1.82, 2.24) is 14.3 Å². The lowest BCUT2D eigenvalue weighted by Crippen LogP contribution is -2.49. The Morgan fingerprint density at radius 3 is 2.60 bits per heavy atom. The number of piperazine rings is 1. The minimum absolute atomic E-state index is 0.0669. The fourth-order valence-corrected chi connectivity index (χ4v) is 4.18. The number of methoxy groups -OCH3 is 1. The summed E-state index contributed by atoms with van der Waals surface area (Å²) in [6.07, 6.45) is 0.952. The maximum absolute atomic E-state index is 13.0. The zero-order valence-electron chi connectivity index (χ0n) is 16.8. The van der Waals surface area contributed by atoms with Gasteiger partial charge < -0.3 is 14.5 Å². The van der Waals surface area contributed by atoms with E-state index in [9.17, 15) is 9.18 Å². The number of hydrogen-bond acceptors (Lipinski definition) is 6. The third-order valence-corrected chi connectivity index (χ3v) is 5.94. The van der Waals surface area contributed by atoms with Crippen LogP contribution < -0.4 is 9.64 Å². The van der Waals surface area contributed by atoms with E-state index in [1.165, 1.54) is 23.7 Å². The van der Waals surface area contributed by atoms with Crippen LogP contribution in [0.4, 0.5) is 9.52 Å². The molecule has 0 unspecified atom stereocenters. The van der Waals surface area contributed by atoms with Gasteiger partial charge in [0.1, 0.15) is 17.4 Å². The number of nitrogens with zero attached hydrogens (tertiary/aromatic N) is 4. The number of carbonyl (C=O) groups excluding carboxylic acids is 1. The van der Waals surface area contributed by atoms with E-state index in [1.54, 1.807) is 19.2 Å². The Hall–Kier alpha value is -3.00. The third kappa shape index (κ3) is 4.94. The zero-order valence-corrected chi connectivity index (χ0v) is 17.6. The topological polar surface area (TPSA) is 58.6 Å². The number of carbonyl (C=O) groups is 1. The van der Waals surface area contributed by atoms with Gasteiger partial charge in [-0.2, -0.15) is 4.37 Å². The van der Waals surface area contributed by atoms with E-state index in [4.69, 9.17) is 4.74 Å². The first-order valence-electron chi connectivity index (χ1n) is 9.83. The molecule has 0 bridgehead atoms. The van der Waals surface area contributed by atoms with Gasteiger partial charge in [-0.25, -0.2) is 9.37 Å². The minimum Gasteiger partial charge on any atom is -0.497 e. The van der Waals surface area contributed by atoms with Crippen LogP contribution in [0.5, 0.6) is 5.75 Å². The van der Waals surface area contributed by atoms with Gasteiger partial charge in [-0.1, -0.05) is 24.3 Å². The number of rotatable bonds is 6. The van der Waals surface area contributed by atoms with Gasteiger partial charge in [-0.15, -0.1) is 0 Å². The zero-order chi connectivity index (χ0) is 20.9. The molecule has 0 saturated carbocycles. The average molecular weight is 427 g/mol. The summed E-state index contributed by atoms with van der Waals surface area (Å²) in [6.45, 7) is 2.74. The molecule has 2 aromatic carbocycles. The van der Waals surface area contributed by atoms with Crippen LogP contribution >= 0.6 is 11.5 Å². The molecule has 0 spiro atoms. The SMILES string of the molecule is COc1cccc(Cc2nsc(N3CCN(C(=O)Cc4ccc(F)cc4)CC3)n2)c1. The van der Waals surface area contributed by atoms with E-state index >= 15 is 0 Å². The molecule has 1 aromatic heterocycles. The highest BCUT2D eigenvalue weighted by atomic mass is 32.1. The predicted octanol–water partition coefficient (Wildman–Crippen LogP) is 3.17. The molecule has 156 valence electrons. The quantitative estimate of drug-likeness (QED) is 0.606. The van der Waals surface area contributed by atoms with Crippen LogP contribution in [0, 0.1) is 5.82 Å². The van der Waals surface area contributed by atoms with Gasteiger partial charge in [-0.3, -0.25) is 4.79 Å². The van der Waals surface area contributed by atoms with Gasteiger partial charge >= 0.3 is 0 Å². The predicted molar refractivity (Wildman–Crippen MR) is 115 cm³/mol. The number of anilines is 1. The summed E-state index contributed by atoms with van der Waals surface area (Å²) < 4.78 is 22.8. The summed E-state index contributed by atoms with van der Waals surface area (Å²) in [5.41, 5.74) is 1.94. The molecule has 1 amide bonds. The molecule has 6 nitrogen and oxygen atoms in total. The van der Waals surface area contributed by atoms with Crippen molar-refractivity contribution >= 4 is 22.6 Å². The second kappa shape index (κ2) is 9.21. The van der Waals surface area contributed by atoms with E-state index in [-0.39, 0.29) is 11.7 Å². The van der Waals surface area contributed by atoms with Crippen LogP contribution in [-0.2, 0) is 17.6 Å². The van der Waals surface area contributed by atoms with Gasteiger partial charge in [-0.05, 0) is 35.4 Å². The van der Waals surface area contributed by atoms with Crippen molar-refractivity contribution in [2.45, 2.75) is 12.8 Å². The Bertz CT molecular complexity index is 1000. The second-order valence-electron chi connectivity index (χ2n) is 7.19. The molecule has 0 radical (unpaired) electrons. The lowest BCUT2D eigenvalue weighted by Gasteiger charge is -2.34. The number of hydrogen-bond donors (Lipinski definition) is 0. The van der Waals surface area contributed by atoms with Gasteiger partial charge in [0.25, 0.3) is 0 Å². The first-order chi connectivity index (χ1) is 14.6. The number of amides is 1. The molecule has 1 aliphatic heterocycles. The number of ether oxygens (including phenoxy) is 1. The average Bonchev–Trinajstić information content (AvgIpc) is 3.24. The lowest BCUT2D eigenvalue weighted by molar-refractivity contribution is -0.130. The summed E-state index contributed by atoms with van der Waals surface area (Å²) in [6, 6.07) is 14.0. The monoisotopic (exact) mass is 426 g/mol. The van der Waals surface area contributed by atoms with Crippen LogP contribution in [-0.4, -0.2) is 53.5 Å². The number of benzene rings is 2. The van der Waals surface area contributed by atoms with E-state index in [1.807, 2.05) is 29.2 Å². The summed E-state index contributed by atoms with van der Waals surface area (Å²) in [7, 11) is 1.66. The first kappa shape index (κ1) is 20.3. The van der Waals surface area contributed by atoms with Crippen molar-refractivity contribution in [3.05, 3.63) is 71.3 Å². The minimum atomic E-state index is -0.289. The molecule has 30 heavy (non-hydrogen) atoms. The largest absolute Gasteiger partial charge is 0.497 e. The van der Waals surface area contributed by atoms with Crippen molar-refractivity contribution in [2.24, 2.45) is 0 Å². The van der Waals surface area contributed by atoms with E-state index < -0.39 is 0 Å². The van der Waals surface area contributed by atoms with Gasteiger partial charge in [0.2, 0.25) is 11.0 Å². The highest BCUT2D eigenvalue weighted by Crippen LogP contribution is 2.22. The van der Waals surface area contributed by atoms with Crippen LogP contribution in [0.25, 0.3) is 0 Å². The van der Waals surface area contributed by atoms with Crippen LogP contribution in [0.1, 0.15) is 17.0 Å². The molecule has 0 aliphatic carbocycles. The maximum atomic E-state index is 13.0. The second-order valence-corrected chi connectivity index (χ2v) is 7.92. The van der Waals surface area contributed by atoms with Crippen molar-refractivity contribution < 1.29 is 13.9 Å². The summed E-state index contributed by atoms with van der Waals surface area (Å²) >= 11 is 1.39. The Kier molecular flexibility index (Phi) is 6.23. The molecule has 0 atom stereocenters. The van der Waals surface area contributed by atoms with Crippen LogP contribution in [0.15, 0.2) is 48.5 Å². The molecular formula is C22H23FN4O2S. The van der Waals surface area contributed by atoms with Crippen molar-refractivity contribution in [2.75, 3.05) is 38.2 Å². The fraction of sp³-hybridized carbons (Fsp3) is 0.318. The lowest BCUT2D eigenvalue weighted by atomic mass is 10.1. The molecule has 3 aromatic rings. The number of aromatic nitrogens is 2. The van der Waals surface area contributed by atoms with Gasteiger partial charge in [0.05, 0.1) is 13.5 Å². The van der Waals surface area contributed by atoms with Crippen molar-refractivity contribution in [1.29, 1.82) is 0 Å². The molecule has 1 saturated heterocycles. The van der Waals surface area contributed by atoms with E-state index in [0.29, 0.717) is 25.9 Å². The first-order valence-corrected chi connectivity index (χ1v) is 10.6. The molecule has 1 aliphatic rings. The van der Waals surface area contributed by atoms with Crippen molar-refractivity contribution in [3.8, 4) is 5.75 Å².